The summed E-state index contributed by atoms with van der Waals surface area (Å²) in [6.45, 7) is 1.69. The van der Waals surface area contributed by atoms with E-state index in [0.29, 0.717) is 11.3 Å². The van der Waals surface area contributed by atoms with Crippen molar-refractivity contribution in [3.05, 3.63) is 88.5 Å². The Kier molecular flexibility index (Phi) is 5.24. The summed E-state index contributed by atoms with van der Waals surface area (Å²) in [7, 11) is 0. The van der Waals surface area contributed by atoms with Crippen molar-refractivity contribution >= 4 is 23.0 Å². The summed E-state index contributed by atoms with van der Waals surface area (Å²) >= 11 is 0. The minimum Gasteiger partial charge on any atom is -0.371 e. The van der Waals surface area contributed by atoms with Gasteiger partial charge in [0.05, 0.1) is 16.2 Å². The maximum absolute atomic E-state index is 13.2. The van der Waals surface area contributed by atoms with Crippen LogP contribution in [0.3, 0.4) is 0 Å². The normalized spacial score (nSPS) is 13.3. The first-order valence-electron chi connectivity index (χ1n) is 9.63. The third-order valence-corrected chi connectivity index (χ3v) is 5.14. The van der Waals surface area contributed by atoms with Crippen molar-refractivity contribution < 1.29 is 9.72 Å². The molecule has 146 valence electrons. The Morgan fingerprint density at radius 2 is 1.62 bits per heavy atom. The summed E-state index contributed by atoms with van der Waals surface area (Å²) in [4.78, 5) is 26.1. The number of nitro groups is 1. The lowest BCUT2D eigenvalue weighted by Gasteiger charge is -2.21. The average molecular weight is 387 g/mol. The molecule has 0 bridgehead atoms. The summed E-state index contributed by atoms with van der Waals surface area (Å²) in [5.41, 5.74) is 3.53. The van der Waals surface area contributed by atoms with Crippen LogP contribution < -0.4 is 10.2 Å². The van der Waals surface area contributed by atoms with Gasteiger partial charge in [-0.05, 0) is 30.5 Å². The zero-order valence-electron chi connectivity index (χ0n) is 15.9. The second kappa shape index (κ2) is 8.14. The Morgan fingerprint density at radius 3 is 2.34 bits per heavy atom. The molecular formula is C23H21N3O3. The summed E-state index contributed by atoms with van der Waals surface area (Å²) in [6.07, 6.45) is 2.10. The van der Waals surface area contributed by atoms with Crippen LogP contribution in [-0.2, 0) is 0 Å². The molecule has 6 heteroatoms. The monoisotopic (exact) mass is 387 g/mol. The first kappa shape index (κ1) is 18.7. The van der Waals surface area contributed by atoms with E-state index in [2.05, 4.69) is 10.2 Å². The molecule has 0 radical (unpaired) electrons. The van der Waals surface area contributed by atoms with Gasteiger partial charge < -0.3 is 10.2 Å². The Bertz CT molecular complexity index is 1040. The number of rotatable bonds is 5. The molecule has 4 rings (SSSR count). The van der Waals surface area contributed by atoms with Crippen LogP contribution in [-0.4, -0.2) is 23.9 Å². The molecule has 1 aliphatic rings. The lowest BCUT2D eigenvalue weighted by molar-refractivity contribution is -0.384. The lowest BCUT2D eigenvalue weighted by atomic mass is 10.0. The number of non-ortho nitro benzene ring substituents is 1. The fourth-order valence-corrected chi connectivity index (χ4v) is 3.70. The summed E-state index contributed by atoms with van der Waals surface area (Å²) in [5, 5.41) is 14.2. The van der Waals surface area contributed by atoms with Gasteiger partial charge in [-0.2, -0.15) is 0 Å². The van der Waals surface area contributed by atoms with E-state index in [0.717, 1.165) is 42.7 Å². The van der Waals surface area contributed by atoms with E-state index in [9.17, 15) is 14.9 Å². The highest BCUT2D eigenvalue weighted by molar-refractivity contribution is 6.10. The zero-order valence-corrected chi connectivity index (χ0v) is 15.9. The molecule has 0 atom stereocenters. The van der Waals surface area contributed by atoms with E-state index in [1.54, 1.807) is 6.07 Å². The quantitative estimate of drug-likeness (QED) is 0.487. The molecule has 1 fully saturated rings. The Hall–Kier alpha value is -3.67. The zero-order chi connectivity index (χ0) is 20.2. The highest BCUT2D eigenvalue weighted by atomic mass is 16.6. The molecular weight excluding hydrogens is 366 g/mol. The van der Waals surface area contributed by atoms with Crippen molar-refractivity contribution in [3.63, 3.8) is 0 Å². The first-order valence-corrected chi connectivity index (χ1v) is 9.63. The van der Waals surface area contributed by atoms with Gasteiger partial charge in [-0.3, -0.25) is 14.9 Å². The fraction of sp³-hybridized carbons (Fsp3) is 0.174. The van der Waals surface area contributed by atoms with Gasteiger partial charge in [-0.25, -0.2) is 0 Å². The number of hydrogen-bond acceptors (Lipinski definition) is 4. The number of carbonyl (C=O) groups excluding carboxylic acids is 1. The molecule has 0 saturated carbocycles. The van der Waals surface area contributed by atoms with Crippen LogP contribution in [0.4, 0.5) is 17.1 Å². The molecule has 6 nitrogen and oxygen atoms in total. The Balaban J connectivity index is 1.70. The predicted octanol–water partition coefficient (Wildman–Crippen LogP) is 5.11. The fourth-order valence-electron chi connectivity index (χ4n) is 3.70. The molecule has 0 spiro atoms. The van der Waals surface area contributed by atoms with Crippen molar-refractivity contribution in [2.75, 3.05) is 23.3 Å². The van der Waals surface area contributed by atoms with Crippen LogP contribution in [0.2, 0.25) is 0 Å². The van der Waals surface area contributed by atoms with Gasteiger partial charge in [-0.15, -0.1) is 0 Å². The van der Waals surface area contributed by atoms with Crippen LogP contribution >= 0.6 is 0 Å². The van der Waals surface area contributed by atoms with Gasteiger partial charge >= 0.3 is 0 Å². The average Bonchev–Trinajstić information content (AvgIpc) is 3.29. The van der Waals surface area contributed by atoms with E-state index in [-0.39, 0.29) is 11.6 Å². The van der Waals surface area contributed by atoms with Gasteiger partial charge in [0, 0.05) is 36.5 Å². The number of carbonyl (C=O) groups is 1. The summed E-state index contributed by atoms with van der Waals surface area (Å²) in [6, 6.07) is 21.9. The van der Waals surface area contributed by atoms with Crippen LogP contribution in [0.5, 0.6) is 0 Å². The molecule has 1 saturated heterocycles. The molecule has 3 aromatic rings. The number of amides is 1. The third kappa shape index (κ3) is 3.96. The van der Waals surface area contributed by atoms with Gasteiger partial charge in [0.15, 0.2) is 0 Å². The standard InChI is InChI=1S/C23H21N3O3/c27-23(24-21-11-5-4-10-19(21)17-8-2-1-3-9-17)20-16-18(26(28)29)12-13-22(20)25-14-6-7-15-25/h1-5,8-13,16H,6-7,14-15H2,(H,24,27). The summed E-state index contributed by atoms with van der Waals surface area (Å²) < 4.78 is 0. The smallest absolute Gasteiger partial charge is 0.270 e. The predicted molar refractivity (Wildman–Crippen MR) is 114 cm³/mol. The van der Waals surface area contributed by atoms with E-state index in [1.807, 2.05) is 54.6 Å². The maximum atomic E-state index is 13.2. The third-order valence-electron chi connectivity index (χ3n) is 5.14. The number of para-hydroxylation sites is 1. The van der Waals surface area contributed by atoms with Crippen molar-refractivity contribution in [3.8, 4) is 11.1 Å². The molecule has 0 aromatic heterocycles. The largest absolute Gasteiger partial charge is 0.371 e. The minimum absolute atomic E-state index is 0.0885. The van der Waals surface area contributed by atoms with Gasteiger partial charge in [-0.1, -0.05) is 48.5 Å². The second-order valence-electron chi connectivity index (χ2n) is 7.02. The Morgan fingerprint density at radius 1 is 0.931 bits per heavy atom. The van der Waals surface area contributed by atoms with Gasteiger partial charge in [0.2, 0.25) is 0 Å². The first-order chi connectivity index (χ1) is 14.1. The molecule has 3 aromatic carbocycles. The van der Waals surface area contributed by atoms with Crippen LogP contribution in [0, 0.1) is 10.1 Å². The lowest BCUT2D eigenvalue weighted by Crippen LogP contribution is -2.23. The molecule has 1 aliphatic heterocycles. The van der Waals surface area contributed by atoms with E-state index < -0.39 is 4.92 Å². The topological polar surface area (TPSA) is 75.5 Å². The highest BCUT2D eigenvalue weighted by Crippen LogP contribution is 2.31. The van der Waals surface area contributed by atoms with E-state index >= 15 is 0 Å². The SMILES string of the molecule is O=C(Nc1ccccc1-c1ccccc1)c1cc([N+](=O)[O-])ccc1N1CCCC1. The highest BCUT2D eigenvalue weighted by Gasteiger charge is 2.23. The van der Waals surface area contributed by atoms with Crippen molar-refractivity contribution in [2.45, 2.75) is 12.8 Å². The molecule has 29 heavy (non-hydrogen) atoms. The number of nitrogens with zero attached hydrogens (tertiary/aromatic N) is 2. The number of anilines is 2. The maximum Gasteiger partial charge on any atom is 0.270 e. The van der Waals surface area contributed by atoms with E-state index in [1.165, 1.54) is 12.1 Å². The molecule has 0 aliphatic carbocycles. The Labute approximate surface area is 168 Å². The van der Waals surface area contributed by atoms with Gasteiger partial charge in [0.1, 0.15) is 0 Å². The van der Waals surface area contributed by atoms with Crippen LogP contribution in [0.1, 0.15) is 23.2 Å². The number of hydrogen-bond donors (Lipinski definition) is 1. The van der Waals surface area contributed by atoms with Crippen molar-refractivity contribution in [2.24, 2.45) is 0 Å². The summed E-state index contributed by atoms with van der Waals surface area (Å²) in [5.74, 6) is -0.348. The van der Waals surface area contributed by atoms with Crippen molar-refractivity contribution in [1.82, 2.24) is 0 Å². The molecule has 0 unspecified atom stereocenters. The number of nitrogens with one attached hydrogen (secondary N) is 1. The molecule has 1 heterocycles. The second-order valence-corrected chi connectivity index (χ2v) is 7.02. The number of nitro benzene ring substituents is 1. The molecule has 1 N–H and O–H groups in total. The van der Waals surface area contributed by atoms with Crippen LogP contribution in [0.25, 0.3) is 11.1 Å². The van der Waals surface area contributed by atoms with Gasteiger partial charge in [0.25, 0.3) is 11.6 Å². The molecule has 1 amide bonds. The minimum atomic E-state index is -0.470. The number of benzene rings is 3. The van der Waals surface area contributed by atoms with Crippen LogP contribution in [0.15, 0.2) is 72.8 Å². The van der Waals surface area contributed by atoms with E-state index in [4.69, 9.17) is 0 Å². The van der Waals surface area contributed by atoms with Crippen molar-refractivity contribution in [1.29, 1.82) is 0 Å².